The zero-order chi connectivity index (χ0) is 27.2. The van der Waals surface area contributed by atoms with Gasteiger partial charge in [0.25, 0.3) is 0 Å². The lowest BCUT2D eigenvalue weighted by Crippen LogP contribution is -2.41. The van der Waals surface area contributed by atoms with E-state index >= 15 is 0 Å². The van der Waals surface area contributed by atoms with Crippen molar-refractivity contribution in [3.8, 4) is 23.0 Å². The monoisotopic (exact) mass is 519 g/mol. The average Bonchev–Trinajstić information content (AvgIpc) is 2.90. The largest absolute Gasteiger partial charge is 0.490 e. The number of rotatable bonds is 11. The van der Waals surface area contributed by atoms with Crippen molar-refractivity contribution >= 4 is 17.6 Å². The Morgan fingerprint density at radius 1 is 0.789 bits per heavy atom. The molecular formula is C30H33NO7. The van der Waals surface area contributed by atoms with E-state index in [9.17, 15) is 14.7 Å². The molecule has 8 nitrogen and oxygen atoms in total. The van der Waals surface area contributed by atoms with Crippen molar-refractivity contribution in [2.45, 2.75) is 40.2 Å². The van der Waals surface area contributed by atoms with Gasteiger partial charge in [-0.25, -0.2) is 4.79 Å². The third-order valence-electron chi connectivity index (χ3n) is 6.24. The van der Waals surface area contributed by atoms with E-state index in [1.807, 2.05) is 58.0 Å². The molecule has 1 aliphatic rings. The number of amides is 1. The van der Waals surface area contributed by atoms with Crippen LogP contribution >= 0.6 is 0 Å². The summed E-state index contributed by atoms with van der Waals surface area (Å²) in [6.45, 7) is 9.50. The van der Waals surface area contributed by atoms with Gasteiger partial charge in [-0.3, -0.25) is 4.79 Å². The molecule has 8 heteroatoms. The molecule has 1 atom stereocenters. The topological polar surface area (TPSA) is 94.5 Å². The second-order valence-corrected chi connectivity index (χ2v) is 8.63. The molecule has 1 amide bonds. The number of carbonyl (C=O) groups excluding carboxylic acids is 1. The number of benzene rings is 3. The fraction of sp³-hybridized carbons (Fsp3) is 0.333. The van der Waals surface area contributed by atoms with Gasteiger partial charge in [-0.05, 0) is 92.9 Å². The van der Waals surface area contributed by atoms with Gasteiger partial charge in [-0.2, -0.15) is 0 Å². The third-order valence-corrected chi connectivity index (χ3v) is 6.24. The van der Waals surface area contributed by atoms with E-state index < -0.39 is 12.0 Å². The maximum atomic E-state index is 13.7. The Labute approximate surface area is 222 Å². The summed E-state index contributed by atoms with van der Waals surface area (Å²) in [4.78, 5) is 26.8. The molecule has 1 heterocycles. The van der Waals surface area contributed by atoms with Crippen LogP contribution in [-0.2, 0) is 11.2 Å². The lowest BCUT2D eigenvalue weighted by molar-refractivity contribution is -0.118. The molecule has 0 radical (unpaired) electrons. The number of carbonyl (C=O) groups is 2. The maximum Gasteiger partial charge on any atom is 0.335 e. The first-order valence-corrected chi connectivity index (χ1v) is 12.9. The minimum atomic E-state index is -1.03. The average molecular weight is 520 g/mol. The highest BCUT2D eigenvalue weighted by Gasteiger charge is 2.36. The van der Waals surface area contributed by atoms with Crippen LogP contribution in [0.5, 0.6) is 23.0 Å². The number of hydrogen-bond donors (Lipinski definition) is 1. The lowest BCUT2D eigenvalue weighted by Gasteiger charge is -2.38. The van der Waals surface area contributed by atoms with Gasteiger partial charge in [-0.1, -0.05) is 6.07 Å². The molecule has 200 valence electrons. The predicted molar refractivity (Wildman–Crippen MR) is 144 cm³/mol. The summed E-state index contributed by atoms with van der Waals surface area (Å²) < 4.78 is 23.4. The first-order valence-electron chi connectivity index (χ1n) is 12.9. The van der Waals surface area contributed by atoms with E-state index in [2.05, 4.69) is 0 Å². The SMILES string of the molecule is CCOc1ccc(C2c3cc(OCC)c(OCC)cc3CC(=O)N2c2ccc(C(=O)O)cc2)cc1OCC. The molecule has 0 saturated carbocycles. The van der Waals surface area contributed by atoms with Crippen molar-refractivity contribution in [1.82, 2.24) is 0 Å². The van der Waals surface area contributed by atoms with Gasteiger partial charge in [0.15, 0.2) is 23.0 Å². The first kappa shape index (κ1) is 26.9. The Hall–Kier alpha value is -4.20. The van der Waals surface area contributed by atoms with Crippen LogP contribution in [0.3, 0.4) is 0 Å². The summed E-state index contributed by atoms with van der Waals surface area (Å²) in [7, 11) is 0. The van der Waals surface area contributed by atoms with E-state index in [1.54, 1.807) is 17.0 Å². The van der Waals surface area contributed by atoms with Crippen molar-refractivity contribution in [1.29, 1.82) is 0 Å². The summed E-state index contributed by atoms with van der Waals surface area (Å²) in [5.74, 6) is 1.26. The predicted octanol–water partition coefficient (Wildman–Crippen LogP) is 5.66. The number of aromatic carboxylic acids is 1. The van der Waals surface area contributed by atoms with Gasteiger partial charge in [0.2, 0.25) is 5.91 Å². The molecule has 3 aromatic rings. The molecule has 1 aliphatic heterocycles. The van der Waals surface area contributed by atoms with E-state index in [4.69, 9.17) is 18.9 Å². The molecule has 4 rings (SSSR count). The molecule has 3 aromatic carbocycles. The number of carboxylic acid groups (broad SMARTS) is 1. The molecule has 0 fully saturated rings. The zero-order valence-corrected chi connectivity index (χ0v) is 22.2. The smallest absolute Gasteiger partial charge is 0.335 e. The Balaban J connectivity index is 1.93. The summed E-state index contributed by atoms with van der Waals surface area (Å²) in [6.07, 6.45) is 0.161. The summed E-state index contributed by atoms with van der Waals surface area (Å²) in [6, 6.07) is 15.3. The minimum absolute atomic E-state index is 0.121. The second-order valence-electron chi connectivity index (χ2n) is 8.63. The number of fused-ring (bicyclic) bond motifs is 1. The van der Waals surface area contributed by atoms with E-state index in [-0.39, 0.29) is 17.9 Å². The minimum Gasteiger partial charge on any atom is -0.490 e. The number of anilines is 1. The fourth-order valence-electron chi connectivity index (χ4n) is 4.72. The Morgan fingerprint density at radius 3 is 1.92 bits per heavy atom. The highest BCUT2D eigenvalue weighted by atomic mass is 16.5. The molecule has 0 bridgehead atoms. The van der Waals surface area contributed by atoms with Crippen LogP contribution in [0.4, 0.5) is 5.69 Å². The fourth-order valence-corrected chi connectivity index (χ4v) is 4.72. The zero-order valence-electron chi connectivity index (χ0n) is 22.2. The Morgan fingerprint density at radius 2 is 1.34 bits per heavy atom. The van der Waals surface area contributed by atoms with Gasteiger partial charge in [0.1, 0.15) is 0 Å². The number of carboxylic acids is 1. The number of hydrogen-bond acceptors (Lipinski definition) is 6. The first-order chi connectivity index (χ1) is 18.4. The van der Waals surface area contributed by atoms with Gasteiger partial charge in [-0.15, -0.1) is 0 Å². The number of nitrogens with zero attached hydrogens (tertiary/aromatic N) is 1. The lowest BCUT2D eigenvalue weighted by atomic mass is 9.86. The van der Waals surface area contributed by atoms with Crippen molar-refractivity contribution in [3.05, 3.63) is 76.9 Å². The van der Waals surface area contributed by atoms with Gasteiger partial charge < -0.3 is 29.0 Å². The summed E-state index contributed by atoms with van der Waals surface area (Å²) in [5.41, 5.74) is 3.30. The summed E-state index contributed by atoms with van der Waals surface area (Å²) >= 11 is 0. The maximum absolute atomic E-state index is 13.7. The van der Waals surface area contributed by atoms with Crippen molar-refractivity contribution in [2.24, 2.45) is 0 Å². The quantitative estimate of drug-likeness (QED) is 0.349. The second kappa shape index (κ2) is 11.9. The van der Waals surface area contributed by atoms with E-state index in [0.717, 1.165) is 16.7 Å². The van der Waals surface area contributed by atoms with Crippen molar-refractivity contribution in [2.75, 3.05) is 31.3 Å². The van der Waals surface area contributed by atoms with Gasteiger partial charge in [0.05, 0.1) is 44.5 Å². The molecule has 0 aromatic heterocycles. The summed E-state index contributed by atoms with van der Waals surface area (Å²) in [5, 5.41) is 9.37. The van der Waals surface area contributed by atoms with Crippen LogP contribution in [0, 0.1) is 0 Å². The van der Waals surface area contributed by atoms with Gasteiger partial charge in [0, 0.05) is 5.69 Å². The van der Waals surface area contributed by atoms with Crippen LogP contribution in [0.25, 0.3) is 0 Å². The highest BCUT2D eigenvalue weighted by Crippen LogP contribution is 2.45. The standard InChI is InChI=1S/C30H33NO7/c1-5-35-24-14-11-20(15-25(24)36-6-2)29-23-18-27(38-8-4)26(37-7-3)16-21(23)17-28(32)31(29)22-12-9-19(10-13-22)30(33)34/h9-16,18,29H,5-8,17H2,1-4H3,(H,33,34). The normalized spacial score (nSPS) is 14.6. The van der Waals surface area contributed by atoms with Crippen LogP contribution in [-0.4, -0.2) is 43.4 Å². The molecule has 1 unspecified atom stereocenters. The van der Waals surface area contributed by atoms with Crippen LogP contribution < -0.4 is 23.8 Å². The molecular weight excluding hydrogens is 486 g/mol. The van der Waals surface area contributed by atoms with Crippen molar-refractivity contribution < 1.29 is 33.6 Å². The van der Waals surface area contributed by atoms with Crippen LogP contribution in [0.2, 0.25) is 0 Å². The van der Waals surface area contributed by atoms with E-state index in [0.29, 0.717) is 55.1 Å². The molecule has 38 heavy (non-hydrogen) atoms. The van der Waals surface area contributed by atoms with E-state index in [1.165, 1.54) is 12.1 Å². The van der Waals surface area contributed by atoms with Crippen molar-refractivity contribution in [3.63, 3.8) is 0 Å². The number of ether oxygens (including phenoxy) is 4. The Bertz CT molecular complexity index is 1300. The van der Waals surface area contributed by atoms with Crippen LogP contribution in [0.15, 0.2) is 54.6 Å². The molecule has 0 spiro atoms. The van der Waals surface area contributed by atoms with Crippen LogP contribution in [0.1, 0.15) is 60.8 Å². The Kier molecular flexibility index (Phi) is 8.41. The molecule has 0 aliphatic carbocycles. The van der Waals surface area contributed by atoms with Gasteiger partial charge >= 0.3 is 5.97 Å². The highest BCUT2D eigenvalue weighted by molar-refractivity contribution is 5.99. The third kappa shape index (κ3) is 5.39. The molecule has 0 saturated heterocycles. The molecule has 1 N–H and O–H groups in total.